The lowest BCUT2D eigenvalue weighted by Crippen LogP contribution is -2.41. The van der Waals surface area contributed by atoms with Crippen LogP contribution in [0.15, 0.2) is 36.4 Å². The lowest BCUT2D eigenvalue weighted by Gasteiger charge is -2.45. The SMILES string of the molecule is COc1cc2c(cc1OC)[C@H]1[C@@H](C)c3ccc(OC)c(OC)c3CN1CC2.O=C(O)C=CC(=O)O. The minimum absolute atomic E-state index is 0.319. The van der Waals surface area contributed by atoms with Crippen LogP contribution in [0.1, 0.15) is 41.1 Å². The van der Waals surface area contributed by atoms with E-state index in [9.17, 15) is 9.59 Å². The molecular weight excluding hydrogens is 454 g/mol. The number of methoxy groups -OCH3 is 4. The van der Waals surface area contributed by atoms with Crippen molar-refractivity contribution in [3.05, 3.63) is 58.7 Å². The van der Waals surface area contributed by atoms with Crippen LogP contribution in [0.2, 0.25) is 0 Å². The van der Waals surface area contributed by atoms with Gasteiger partial charge in [0.2, 0.25) is 0 Å². The van der Waals surface area contributed by atoms with E-state index in [1.54, 1.807) is 28.4 Å². The monoisotopic (exact) mass is 485 g/mol. The summed E-state index contributed by atoms with van der Waals surface area (Å²) >= 11 is 0. The fourth-order valence-corrected chi connectivity index (χ4v) is 4.90. The van der Waals surface area contributed by atoms with E-state index in [4.69, 9.17) is 29.2 Å². The maximum Gasteiger partial charge on any atom is 0.328 e. The highest BCUT2D eigenvalue weighted by molar-refractivity contribution is 5.89. The Kier molecular flexibility index (Phi) is 8.24. The molecule has 35 heavy (non-hydrogen) atoms. The first kappa shape index (κ1) is 25.9. The predicted octanol–water partition coefficient (Wildman–Crippen LogP) is 3.65. The molecule has 9 nitrogen and oxygen atoms in total. The third-order valence-corrected chi connectivity index (χ3v) is 6.40. The molecule has 0 spiro atoms. The summed E-state index contributed by atoms with van der Waals surface area (Å²) in [4.78, 5) is 21.7. The lowest BCUT2D eigenvalue weighted by atomic mass is 9.77. The molecule has 0 saturated heterocycles. The molecule has 0 aliphatic carbocycles. The number of carboxylic acid groups (broad SMARTS) is 2. The van der Waals surface area contributed by atoms with E-state index in [1.807, 2.05) is 6.07 Å². The normalized spacial score (nSPS) is 18.3. The zero-order chi connectivity index (χ0) is 25.7. The Morgan fingerprint density at radius 3 is 2.03 bits per heavy atom. The van der Waals surface area contributed by atoms with Crippen LogP contribution in [-0.4, -0.2) is 62.0 Å². The molecule has 2 atom stereocenters. The van der Waals surface area contributed by atoms with E-state index in [0.717, 1.165) is 42.5 Å². The Morgan fingerprint density at radius 2 is 1.49 bits per heavy atom. The van der Waals surface area contributed by atoms with Crippen molar-refractivity contribution in [2.24, 2.45) is 0 Å². The lowest BCUT2D eigenvalue weighted by molar-refractivity contribution is -0.134. The molecule has 2 aromatic rings. The third kappa shape index (κ3) is 5.35. The summed E-state index contributed by atoms with van der Waals surface area (Å²) in [6, 6.07) is 8.82. The van der Waals surface area contributed by atoms with Crippen molar-refractivity contribution in [1.82, 2.24) is 4.90 Å². The summed E-state index contributed by atoms with van der Waals surface area (Å²) in [7, 11) is 6.80. The molecule has 0 bridgehead atoms. The molecule has 9 heteroatoms. The zero-order valence-electron chi connectivity index (χ0n) is 20.5. The maximum absolute atomic E-state index is 9.55. The number of aliphatic carboxylic acids is 2. The van der Waals surface area contributed by atoms with Crippen LogP contribution in [0, 0.1) is 0 Å². The number of hydrogen-bond acceptors (Lipinski definition) is 7. The van der Waals surface area contributed by atoms with E-state index in [2.05, 4.69) is 30.0 Å². The second-order valence-corrected chi connectivity index (χ2v) is 8.24. The molecule has 2 aliphatic rings. The standard InChI is InChI=1S/C22H27NO4.C4H4O4/c1-13-15-6-7-18(24-2)22(27-5)17(15)12-23-9-8-14-10-19(25-3)20(26-4)11-16(14)21(13)23;5-3(6)1-2-4(7)8/h6-7,10-11,13,21H,8-9,12H2,1-5H3;1-2H,(H,5,6)(H,7,8)/t13-,21+;/m0./s1. The summed E-state index contributed by atoms with van der Waals surface area (Å²) in [5.74, 6) is 1.08. The quantitative estimate of drug-likeness (QED) is 0.592. The Labute approximate surface area is 204 Å². The summed E-state index contributed by atoms with van der Waals surface area (Å²) in [5, 5.41) is 15.6. The Balaban J connectivity index is 0.000000371. The number of benzene rings is 2. The summed E-state index contributed by atoms with van der Waals surface area (Å²) in [6.07, 6.45) is 2.12. The Hall–Kier alpha value is -3.72. The minimum atomic E-state index is -1.26. The van der Waals surface area contributed by atoms with Gasteiger partial charge in [-0.1, -0.05) is 13.0 Å². The predicted molar refractivity (Wildman–Crippen MR) is 129 cm³/mol. The van der Waals surface area contributed by atoms with Crippen molar-refractivity contribution in [2.45, 2.75) is 31.8 Å². The van der Waals surface area contributed by atoms with Crippen LogP contribution in [0.4, 0.5) is 0 Å². The number of nitrogens with zero attached hydrogens (tertiary/aromatic N) is 1. The Bertz CT molecular complexity index is 1110. The molecule has 2 heterocycles. The molecule has 4 rings (SSSR count). The second kappa shape index (κ2) is 11.1. The molecule has 2 aromatic carbocycles. The largest absolute Gasteiger partial charge is 0.493 e. The number of hydrogen-bond donors (Lipinski definition) is 2. The summed E-state index contributed by atoms with van der Waals surface area (Å²) in [6.45, 7) is 4.17. The van der Waals surface area contributed by atoms with Gasteiger partial charge in [-0.25, -0.2) is 9.59 Å². The van der Waals surface area contributed by atoms with Crippen LogP contribution in [0.3, 0.4) is 0 Å². The van der Waals surface area contributed by atoms with Gasteiger partial charge in [-0.15, -0.1) is 0 Å². The average molecular weight is 486 g/mol. The van der Waals surface area contributed by atoms with Gasteiger partial charge in [-0.05, 0) is 41.3 Å². The summed E-state index contributed by atoms with van der Waals surface area (Å²) < 4.78 is 22.3. The van der Waals surface area contributed by atoms with Gasteiger partial charge >= 0.3 is 11.9 Å². The highest BCUT2D eigenvalue weighted by Gasteiger charge is 2.39. The molecule has 188 valence electrons. The molecule has 0 unspecified atom stereocenters. The van der Waals surface area contributed by atoms with Gasteiger partial charge in [0, 0.05) is 42.8 Å². The molecule has 0 saturated carbocycles. The van der Waals surface area contributed by atoms with Gasteiger partial charge in [0.05, 0.1) is 28.4 Å². The molecule has 0 radical (unpaired) electrons. The van der Waals surface area contributed by atoms with Gasteiger partial charge in [-0.2, -0.15) is 0 Å². The number of fused-ring (bicyclic) bond motifs is 4. The smallest absolute Gasteiger partial charge is 0.328 e. The maximum atomic E-state index is 9.55. The molecule has 0 aromatic heterocycles. The van der Waals surface area contributed by atoms with Crippen LogP contribution >= 0.6 is 0 Å². The molecule has 2 N–H and O–H groups in total. The number of carboxylic acids is 2. The van der Waals surface area contributed by atoms with Crippen molar-refractivity contribution >= 4 is 11.9 Å². The fourth-order valence-electron chi connectivity index (χ4n) is 4.90. The second-order valence-electron chi connectivity index (χ2n) is 8.24. The van der Waals surface area contributed by atoms with Crippen molar-refractivity contribution in [3.63, 3.8) is 0 Å². The van der Waals surface area contributed by atoms with E-state index in [0.29, 0.717) is 24.1 Å². The van der Waals surface area contributed by atoms with Gasteiger partial charge < -0.3 is 29.2 Å². The number of carbonyl (C=O) groups is 2. The van der Waals surface area contributed by atoms with Gasteiger partial charge in [-0.3, -0.25) is 4.90 Å². The average Bonchev–Trinajstić information content (AvgIpc) is 2.85. The third-order valence-electron chi connectivity index (χ3n) is 6.40. The topological polar surface area (TPSA) is 115 Å². The first-order valence-corrected chi connectivity index (χ1v) is 11.1. The first-order chi connectivity index (χ1) is 16.7. The van der Waals surface area contributed by atoms with Crippen LogP contribution < -0.4 is 18.9 Å². The van der Waals surface area contributed by atoms with E-state index in [-0.39, 0.29) is 0 Å². The Morgan fingerprint density at radius 1 is 0.886 bits per heavy atom. The van der Waals surface area contributed by atoms with Crippen LogP contribution in [0.5, 0.6) is 23.0 Å². The molecular formula is C26H31NO8. The first-order valence-electron chi connectivity index (χ1n) is 11.1. The highest BCUT2D eigenvalue weighted by Crippen LogP contribution is 2.50. The van der Waals surface area contributed by atoms with Crippen LogP contribution in [-0.2, 0) is 22.6 Å². The van der Waals surface area contributed by atoms with Gasteiger partial charge in [0.15, 0.2) is 23.0 Å². The number of ether oxygens (including phenoxy) is 4. The molecule has 0 fully saturated rings. The van der Waals surface area contributed by atoms with Crippen molar-refractivity contribution in [1.29, 1.82) is 0 Å². The zero-order valence-corrected chi connectivity index (χ0v) is 20.5. The summed E-state index contributed by atoms with van der Waals surface area (Å²) in [5.41, 5.74) is 5.26. The van der Waals surface area contributed by atoms with E-state index < -0.39 is 11.9 Å². The molecule has 0 amide bonds. The van der Waals surface area contributed by atoms with Gasteiger partial charge in [0.25, 0.3) is 0 Å². The van der Waals surface area contributed by atoms with Gasteiger partial charge in [0.1, 0.15) is 0 Å². The van der Waals surface area contributed by atoms with E-state index >= 15 is 0 Å². The highest BCUT2D eigenvalue weighted by atomic mass is 16.5. The van der Waals surface area contributed by atoms with Crippen molar-refractivity contribution in [3.8, 4) is 23.0 Å². The minimum Gasteiger partial charge on any atom is -0.493 e. The number of rotatable bonds is 6. The molecule has 2 aliphatic heterocycles. The van der Waals surface area contributed by atoms with Crippen molar-refractivity contribution < 1.29 is 38.7 Å². The van der Waals surface area contributed by atoms with Crippen molar-refractivity contribution in [2.75, 3.05) is 35.0 Å². The van der Waals surface area contributed by atoms with E-state index in [1.165, 1.54) is 22.3 Å². The van der Waals surface area contributed by atoms with Crippen LogP contribution in [0.25, 0.3) is 0 Å². The fraction of sp³-hybridized carbons (Fsp3) is 0.385.